The summed E-state index contributed by atoms with van der Waals surface area (Å²) in [6.45, 7) is 3.88. The topological polar surface area (TPSA) is 163 Å². The molecule has 3 heterocycles. The van der Waals surface area contributed by atoms with Gasteiger partial charge >= 0.3 is 0 Å². The van der Waals surface area contributed by atoms with Gasteiger partial charge in [-0.25, -0.2) is 9.97 Å². The molecule has 2 aromatic heterocycles. The molecule has 1 fully saturated rings. The number of aryl methyl sites for hydroxylation is 1. The van der Waals surface area contributed by atoms with Crippen LogP contribution in [0.15, 0.2) is 35.3 Å². The van der Waals surface area contributed by atoms with Crippen LogP contribution in [0.1, 0.15) is 24.1 Å². The van der Waals surface area contributed by atoms with E-state index in [9.17, 15) is 14.4 Å². The van der Waals surface area contributed by atoms with Gasteiger partial charge in [-0.3, -0.25) is 14.4 Å². The van der Waals surface area contributed by atoms with E-state index < -0.39 is 0 Å². The highest BCUT2D eigenvalue weighted by Gasteiger charge is 2.26. The summed E-state index contributed by atoms with van der Waals surface area (Å²) in [4.78, 5) is 48.2. The molecule has 0 bridgehead atoms. The summed E-state index contributed by atoms with van der Waals surface area (Å²) < 4.78 is 17.7. The predicted octanol–water partition coefficient (Wildman–Crippen LogP) is 1.02. The number of fused-ring (bicyclic) bond motifs is 1. The van der Waals surface area contributed by atoms with Crippen molar-refractivity contribution in [2.45, 2.75) is 19.3 Å². The maximum absolute atomic E-state index is 12.7. The molecule has 44 heavy (non-hydrogen) atoms. The normalized spacial score (nSPS) is 13.7. The van der Waals surface area contributed by atoms with Crippen molar-refractivity contribution in [3.63, 3.8) is 0 Å². The number of carbonyl (C=O) groups is 2. The highest BCUT2D eigenvalue weighted by atomic mass is 35.5. The summed E-state index contributed by atoms with van der Waals surface area (Å²) in [5.74, 6) is 0.287. The predicted molar refractivity (Wildman–Crippen MR) is 167 cm³/mol. The molecule has 0 aliphatic carbocycles. The largest absolute Gasteiger partial charge is 0.478 e. The Morgan fingerprint density at radius 2 is 1.86 bits per heavy atom. The summed E-state index contributed by atoms with van der Waals surface area (Å²) in [5.41, 5.74) is 7.38. The van der Waals surface area contributed by atoms with Gasteiger partial charge in [-0.15, -0.1) is 0 Å². The number of anilines is 1. The first kappa shape index (κ1) is 33.1. The number of rotatable bonds is 15. The third kappa shape index (κ3) is 8.88. The average Bonchev–Trinajstić information content (AvgIpc) is 3.04. The van der Waals surface area contributed by atoms with Gasteiger partial charge in [0, 0.05) is 58.0 Å². The van der Waals surface area contributed by atoms with Crippen LogP contribution in [0.5, 0.6) is 5.75 Å². The number of pyridine rings is 1. The molecule has 0 radical (unpaired) electrons. The van der Waals surface area contributed by atoms with E-state index in [1.54, 1.807) is 19.3 Å². The molecule has 2 amide bonds. The number of nitrogens with one attached hydrogen (secondary N) is 2. The number of hydrogen-bond acceptors (Lipinski definition) is 10. The first-order valence-corrected chi connectivity index (χ1v) is 15.0. The summed E-state index contributed by atoms with van der Waals surface area (Å²) in [5, 5.41) is 6.66. The zero-order valence-corrected chi connectivity index (χ0v) is 25.9. The molecule has 1 aromatic carbocycles. The van der Waals surface area contributed by atoms with Crippen molar-refractivity contribution >= 4 is 40.3 Å². The van der Waals surface area contributed by atoms with Gasteiger partial charge in [-0.05, 0) is 36.6 Å². The van der Waals surface area contributed by atoms with Crippen molar-refractivity contribution in [1.82, 2.24) is 25.2 Å². The smallest absolute Gasteiger partial charge is 0.293 e. The van der Waals surface area contributed by atoms with Crippen molar-refractivity contribution in [3.05, 3.63) is 57.1 Å². The third-order valence-corrected chi connectivity index (χ3v) is 7.71. The maximum Gasteiger partial charge on any atom is 0.293 e. The molecule has 1 saturated heterocycles. The van der Waals surface area contributed by atoms with Crippen LogP contribution in [0.4, 0.5) is 5.95 Å². The fourth-order valence-corrected chi connectivity index (χ4v) is 5.09. The molecule has 13 nitrogen and oxygen atoms in total. The zero-order chi connectivity index (χ0) is 31.5. The lowest BCUT2D eigenvalue weighted by atomic mass is 9.96. The quantitative estimate of drug-likeness (QED) is 0.207. The van der Waals surface area contributed by atoms with Gasteiger partial charge in [0.15, 0.2) is 12.4 Å². The summed E-state index contributed by atoms with van der Waals surface area (Å²) in [6.07, 6.45) is 3.43. The van der Waals surface area contributed by atoms with Crippen molar-refractivity contribution in [2.75, 3.05) is 71.2 Å². The Morgan fingerprint density at radius 3 is 2.59 bits per heavy atom. The lowest BCUT2D eigenvalue weighted by Gasteiger charge is -2.31. The zero-order valence-electron chi connectivity index (χ0n) is 25.1. The Morgan fingerprint density at radius 1 is 1.11 bits per heavy atom. The number of ether oxygens (including phenoxy) is 3. The minimum Gasteiger partial charge on any atom is -0.478 e. The highest BCUT2D eigenvalue weighted by Crippen LogP contribution is 2.26. The van der Waals surface area contributed by atoms with Crippen molar-refractivity contribution in [3.8, 4) is 5.75 Å². The van der Waals surface area contributed by atoms with Gasteiger partial charge in [0.25, 0.3) is 11.5 Å². The number of benzene rings is 1. The van der Waals surface area contributed by atoms with Crippen LogP contribution in [0.2, 0.25) is 5.02 Å². The average molecular weight is 630 g/mol. The Kier molecular flexibility index (Phi) is 12.3. The first-order chi connectivity index (χ1) is 21.3. The van der Waals surface area contributed by atoms with Crippen LogP contribution < -0.4 is 31.6 Å². The molecule has 14 heteroatoms. The van der Waals surface area contributed by atoms with E-state index >= 15 is 0 Å². The lowest BCUT2D eigenvalue weighted by molar-refractivity contribution is -0.126. The van der Waals surface area contributed by atoms with E-state index in [4.69, 9.17) is 36.5 Å². The van der Waals surface area contributed by atoms with Crippen molar-refractivity contribution in [2.24, 2.45) is 18.7 Å². The minimum absolute atomic E-state index is 0.0290. The Bertz CT molecular complexity index is 1490. The third-order valence-electron chi connectivity index (χ3n) is 7.40. The van der Waals surface area contributed by atoms with E-state index in [0.29, 0.717) is 88.5 Å². The maximum atomic E-state index is 12.7. The van der Waals surface area contributed by atoms with Gasteiger partial charge in [0.2, 0.25) is 11.9 Å². The van der Waals surface area contributed by atoms with Gasteiger partial charge in [-0.1, -0.05) is 17.7 Å². The van der Waals surface area contributed by atoms with E-state index in [1.807, 2.05) is 18.2 Å². The molecular weight excluding hydrogens is 590 g/mol. The van der Waals surface area contributed by atoms with Crippen LogP contribution in [-0.4, -0.2) is 92.6 Å². The Labute approximate surface area is 261 Å². The van der Waals surface area contributed by atoms with Gasteiger partial charge in [0.1, 0.15) is 0 Å². The van der Waals surface area contributed by atoms with Crippen molar-refractivity contribution < 1.29 is 23.8 Å². The Balaban J connectivity index is 1.34. The highest BCUT2D eigenvalue weighted by molar-refractivity contribution is 6.31. The number of likely N-dealkylation sites (N-methyl/N-ethyl adjacent to an activating group) is 1. The molecule has 3 aromatic rings. The standard InChI is InChI=1S/C30H40ClN7O6/c1-33-27(39)19-44-26-17-22-15-20(3-4-25(22)37(2)29(26)41)16-24-23(31)18-35-30(36-24)38-9-5-21(6-10-38)28(40)34-8-12-43-14-13-42-11-7-32/h3-4,15,17-18,21H,5-14,16,19,32H2,1-2H3,(H,33,39)(H,34,40). The number of piperidine rings is 1. The Hall–Kier alpha value is -3.78. The second kappa shape index (κ2) is 16.3. The SMILES string of the molecule is CNC(=O)COc1cc2cc(Cc3nc(N4CCC(C(=O)NCCOCCOCCN)CC4)ncc3Cl)ccc2n(C)c1=O. The van der Waals surface area contributed by atoms with Gasteiger partial charge < -0.3 is 40.0 Å². The second-order valence-corrected chi connectivity index (χ2v) is 10.8. The van der Waals surface area contributed by atoms with E-state index in [1.165, 1.54) is 11.6 Å². The lowest BCUT2D eigenvalue weighted by Crippen LogP contribution is -2.42. The molecule has 1 aliphatic heterocycles. The number of halogens is 1. The van der Waals surface area contributed by atoms with Crippen LogP contribution in [-0.2, 0) is 32.5 Å². The summed E-state index contributed by atoms with van der Waals surface area (Å²) in [7, 11) is 3.17. The van der Waals surface area contributed by atoms with Crippen LogP contribution in [0.3, 0.4) is 0 Å². The number of hydrogen-bond donors (Lipinski definition) is 3. The number of nitrogens with zero attached hydrogens (tertiary/aromatic N) is 4. The minimum atomic E-state index is -0.329. The van der Waals surface area contributed by atoms with E-state index in [0.717, 1.165) is 16.5 Å². The number of nitrogens with two attached hydrogens (primary N) is 1. The van der Waals surface area contributed by atoms with Crippen LogP contribution >= 0.6 is 11.6 Å². The first-order valence-electron chi connectivity index (χ1n) is 14.7. The van der Waals surface area contributed by atoms with Crippen LogP contribution in [0, 0.1) is 5.92 Å². The van der Waals surface area contributed by atoms with E-state index in [-0.39, 0.29) is 35.6 Å². The fourth-order valence-electron chi connectivity index (χ4n) is 4.93. The molecule has 0 unspecified atom stereocenters. The number of carbonyl (C=O) groups excluding carboxylic acids is 2. The molecule has 0 spiro atoms. The fraction of sp³-hybridized carbons (Fsp3) is 0.500. The summed E-state index contributed by atoms with van der Waals surface area (Å²) >= 11 is 6.50. The van der Waals surface area contributed by atoms with E-state index in [2.05, 4.69) is 20.5 Å². The number of amides is 2. The molecular formula is C30H40ClN7O6. The molecule has 1 aliphatic rings. The second-order valence-electron chi connectivity index (χ2n) is 10.4. The molecule has 4 N–H and O–H groups in total. The summed E-state index contributed by atoms with van der Waals surface area (Å²) in [6, 6.07) is 7.38. The van der Waals surface area contributed by atoms with Crippen LogP contribution in [0.25, 0.3) is 10.9 Å². The molecule has 0 atom stereocenters. The van der Waals surface area contributed by atoms with Crippen molar-refractivity contribution in [1.29, 1.82) is 0 Å². The number of aromatic nitrogens is 3. The van der Waals surface area contributed by atoms with Gasteiger partial charge in [-0.2, -0.15) is 0 Å². The molecule has 238 valence electrons. The molecule has 0 saturated carbocycles. The monoisotopic (exact) mass is 629 g/mol. The van der Waals surface area contributed by atoms with Gasteiger partial charge in [0.05, 0.1) is 48.9 Å². The molecule has 4 rings (SSSR count).